The zero-order chi connectivity index (χ0) is 14.4. The Labute approximate surface area is 106 Å². The summed E-state index contributed by atoms with van der Waals surface area (Å²) in [6, 6.07) is 2.99. The molecule has 1 aromatic carbocycles. The maximum absolute atomic E-state index is 10.8. The molecule has 0 saturated heterocycles. The zero-order valence-corrected chi connectivity index (χ0v) is 9.46. The summed E-state index contributed by atoms with van der Waals surface area (Å²) in [4.78, 5) is 19.7. The number of aliphatic hydroxyl groups excluding tert-OH is 2. The van der Waals surface area contributed by atoms with Gasteiger partial charge in [0, 0.05) is 6.07 Å². The molecule has 1 rings (SSSR count). The van der Waals surface area contributed by atoms with Crippen LogP contribution in [0.5, 0.6) is 0 Å². The molecule has 10 heteroatoms. The van der Waals surface area contributed by atoms with Crippen molar-refractivity contribution in [3.63, 3.8) is 0 Å². The first-order valence-electron chi connectivity index (χ1n) is 4.96. The predicted octanol–water partition coefficient (Wildman–Crippen LogP) is 0.254. The summed E-state index contributed by atoms with van der Waals surface area (Å²) in [5.41, 5.74) is 1.24. The van der Waals surface area contributed by atoms with Gasteiger partial charge in [0.1, 0.15) is 11.8 Å². The van der Waals surface area contributed by atoms with E-state index in [-0.39, 0.29) is 5.69 Å². The number of anilines is 1. The van der Waals surface area contributed by atoms with Crippen molar-refractivity contribution in [2.24, 2.45) is 5.10 Å². The lowest BCUT2D eigenvalue weighted by Gasteiger charge is -2.02. The molecule has 1 aromatic rings. The van der Waals surface area contributed by atoms with Gasteiger partial charge in [-0.2, -0.15) is 5.10 Å². The Bertz CT molecular complexity index is 517. The molecule has 0 amide bonds. The van der Waals surface area contributed by atoms with E-state index in [4.69, 9.17) is 10.2 Å². The van der Waals surface area contributed by atoms with Crippen LogP contribution in [0.15, 0.2) is 23.3 Å². The van der Waals surface area contributed by atoms with Crippen molar-refractivity contribution in [1.82, 2.24) is 0 Å². The van der Waals surface area contributed by atoms with Crippen LogP contribution < -0.4 is 5.43 Å². The maximum Gasteiger partial charge on any atom is 0.301 e. The van der Waals surface area contributed by atoms with E-state index in [1.54, 1.807) is 0 Å². The van der Waals surface area contributed by atoms with E-state index >= 15 is 0 Å². The maximum atomic E-state index is 10.8. The number of nitro groups is 2. The molecule has 0 heterocycles. The summed E-state index contributed by atoms with van der Waals surface area (Å²) in [6.45, 7) is -0.548. The molecule has 19 heavy (non-hydrogen) atoms. The highest BCUT2D eigenvalue weighted by Crippen LogP contribution is 2.28. The fraction of sp³-hybridized carbons (Fsp3) is 0.222. The third-order valence-electron chi connectivity index (χ3n) is 2.01. The number of nitrogens with one attached hydrogen (secondary N) is 1. The fourth-order valence-electron chi connectivity index (χ4n) is 1.12. The van der Waals surface area contributed by atoms with Crippen molar-refractivity contribution in [3.05, 3.63) is 38.4 Å². The molecule has 0 aliphatic heterocycles. The first kappa shape index (κ1) is 14.5. The molecule has 0 spiro atoms. The number of nitrogens with zero attached hydrogens (tertiary/aromatic N) is 3. The number of benzene rings is 1. The second-order valence-corrected chi connectivity index (χ2v) is 3.36. The molecule has 0 radical (unpaired) electrons. The lowest BCUT2D eigenvalue weighted by molar-refractivity contribution is -0.393. The molecule has 0 fully saturated rings. The van der Waals surface area contributed by atoms with Crippen molar-refractivity contribution < 1.29 is 20.1 Å². The van der Waals surface area contributed by atoms with Gasteiger partial charge in [-0.3, -0.25) is 25.7 Å². The molecule has 0 aliphatic carbocycles. The number of aliphatic hydroxyl groups is 2. The second kappa shape index (κ2) is 6.37. The van der Waals surface area contributed by atoms with E-state index in [1.165, 1.54) is 0 Å². The average Bonchev–Trinajstić information content (AvgIpc) is 2.38. The van der Waals surface area contributed by atoms with Crippen molar-refractivity contribution in [1.29, 1.82) is 0 Å². The summed E-state index contributed by atoms with van der Waals surface area (Å²) in [5, 5.41) is 42.2. The molecule has 10 nitrogen and oxygen atoms in total. The lowest BCUT2D eigenvalue weighted by Crippen LogP contribution is -2.14. The highest BCUT2D eigenvalue weighted by molar-refractivity contribution is 5.68. The first-order valence-corrected chi connectivity index (χ1v) is 4.96. The summed E-state index contributed by atoms with van der Waals surface area (Å²) >= 11 is 0. The van der Waals surface area contributed by atoms with Gasteiger partial charge in [-0.25, -0.2) is 0 Å². The standard InChI is InChI=1S/C9H10N4O6/c14-5-7(15)4-10-11-8-2-1-6(12(16)17)3-9(8)13(18)19/h1-4,7,11,14-15H,5H2/b10-4+/t7-/m0/s1. The highest BCUT2D eigenvalue weighted by atomic mass is 16.6. The van der Waals surface area contributed by atoms with E-state index in [0.717, 1.165) is 24.4 Å². The fourth-order valence-corrected chi connectivity index (χ4v) is 1.12. The molecule has 0 unspecified atom stereocenters. The summed E-state index contributed by atoms with van der Waals surface area (Å²) in [7, 11) is 0. The Morgan fingerprint density at radius 1 is 1.37 bits per heavy atom. The number of non-ortho nitro benzene ring substituents is 1. The quantitative estimate of drug-likeness (QED) is 0.380. The predicted molar refractivity (Wildman–Crippen MR) is 65.0 cm³/mol. The summed E-state index contributed by atoms with van der Waals surface area (Å²) in [6.07, 6.45) is -0.268. The normalized spacial score (nSPS) is 12.3. The monoisotopic (exact) mass is 270 g/mol. The minimum absolute atomic E-state index is 0.0722. The Kier molecular flexibility index (Phi) is 4.85. The van der Waals surface area contributed by atoms with Crippen LogP contribution in [0, 0.1) is 20.2 Å². The van der Waals surface area contributed by atoms with Gasteiger partial charge in [-0.15, -0.1) is 0 Å². The van der Waals surface area contributed by atoms with E-state index < -0.39 is 33.9 Å². The molecule has 0 bridgehead atoms. The van der Waals surface area contributed by atoms with Gasteiger partial charge in [-0.1, -0.05) is 0 Å². The van der Waals surface area contributed by atoms with E-state index in [9.17, 15) is 20.2 Å². The highest BCUT2D eigenvalue weighted by Gasteiger charge is 2.19. The average molecular weight is 270 g/mol. The van der Waals surface area contributed by atoms with Crippen LogP contribution in [0.2, 0.25) is 0 Å². The van der Waals surface area contributed by atoms with Gasteiger partial charge in [0.05, 0.1) is 28.7 Å². The van der Waals surface area contributed by atoms with Crippen LogP contribution >= 0.6 is 0 Å². The SMILES string of the molecule is O=[N+]([O-])c1ccc(N/N=C/[C@H](O)CO)c([N+](=O)[O-])c1. The third kappa shape index (κ3) is 3.97. The first-order chi connectivity index (χ1) is 8.95. The molecule has 0 aromatic heterocycles. The molecule has 3 N–H and O–H groups in total. The largest absolute Gasteiger partial charge is 0.393 e. The van der Waals surface area contributed by atoms with Crippen LogP contribution in [0.25, 0.3) is 0 Å². The van der Waals surface area contributed by atoms with Crippen LogP contribution in [0.1, 0.15) is 0 Å². The minimum Gasteiger partial charge on any atom is -0.393 e. The summed E-state index contributed by atoms with van der Waals surface area (Å²) < 4.78 is 0. The Balaban J connectivity index is 2.97. The lowest BCUT2D eigenvalue weighted by atomic mass is 10.2. The van der Waals surface area contributed by atoms with Gasteiger partial charge < -0.3 is 10.2 Å². The molecular weight excluding hydrogens is 260 g/mol. The van der Waals surface area contributed by atoms with Crippen LogP contribution in [0.3, 0.4) is 0 Å². The Morgan fingerprint density at radius 2 is 2.05 bits per heavy atom. The smallest absolute Gasteiger partial charge is 0.301 e. The zero-order valence-electron chi connectivity index (χ0n) is 9.46. The van der Waals surface area contributed by atoms with E-state index in [1.807, 2.05) is 0 Å². The third-order valence-corrected chi connectivity index (χ3v) is 2.01. The number of hydrazone groups is 1. The van der Waals surface area contributed by atoms with Gasteiger partial charge in [0.25, 0.3) is 5.69 Å². The van der Waals surface area contributed by atoms with Gasteiger partial charge in [-0.05, 0) is 6.07 Å². The van der Waals surface area contributed by atoms with E-state index in [0.29, 0.717) is 0 Å². The molecular formula is C9H10N4O6. The van der Waals surface area contributed by atoms with Crippen LogP contribution in [-0.4, -0.2) is 39.0 Å². The number of nitro benzene ring substituents is 2. The van der Waals surface area contributed by atoms with Gasteiger partial charge in [0.15, 0.2) is 0 Å². The molecule has 0 aliphatic rings. The summed E-state index contributed by atoms with van der Waals surface area (Å²) in [5.74, 6) is 0. The van der Waals surface area contributed by atoms with Gasteiger partial charge >= 0.3 is 5.69 Å². The topological polar surface area (TPSA) is 151 Å². The van der Waals surface area contributed by atoms with Crippen LogP contribution in [0.4, 0.5) is 17.1 Å². The van der Waals surface area contributed by atoms with Crippen molar-refractivity contribution in [3.8, 4) is 0 Å². The van der Waals surface area contributed by atoms with Crippen LogP contribution in [-0.2, 0) is 0 Å². The molecule has 1 atom stereocenters. The molecule has 0 saturated carbocycles. The molecule has 102 valence electrons. The number of hydrogen-bond donors (Lipinski definition) is 3. The Morgan fingerprint density at radius 3 is 2.58 bits per heavy atom. The minimum atomic E-state index is -1.20. The second-order valence-electron chi connectivity index (χ2n) is 3.36. The number of rotatable bonds is 6. The van der Waals surface area contributed by atoms with Crippen molar-refractivity contribution in [2.45, 2.75) is 6.10 Å². The van der Waals surface area contributed by atoms with Crippen molar-refractivity contribution in [2.75, 3.05) is 12.0 Å². The number of hydrogen-bond acceptors (Lipinski definition) is 8. The Hall–Kier alpha value is -2.59. The van der Waals surface area contributed by atoms with Gasteiger partial charge in [0.2, 0.25) is 0 Å². The van der Waals surface area contributed by atoms with E-state index in [2.05, 4.69) is 10.5 Å². The van der Waals surface area contributed by atoms with Crippen molar-refractivity contribution >= 4 is 23.3 Å².